The highest BCUT2D eigenvalue weighted by Crippen LogP contribution is 2.30. The molecule has 0 aliphatic rings. The van der Waals surface area contributed by atoms with Crippen LogP contribution in [0.25, 0.3) is 22.3 Å². The number of fused-ring (bicyclic) bond motifs is 1. The van der Waals surface area contributed by atoms with Gasteiger partial charge in [-0.15, -0.1) is 11.3 Å². The molecule has 2 N–H and O–H groups in total. The Morgan fingerprint density at radius 1 is 1.22 bits per heavy atom. The Morgan fingerprint density at radius 3 is 2.62 bits per heavy atom. The summed E-state index contributed by atoms with van der Waals surface area (Å²) in [6.45, 7) is 1.33. The van der Waals surface area contributed by atoms with Gasteiger partial charge in [0.1, 0.15) is 11.6 Å². The summed E-state index contributed by atoms with van der Waals surface area (Å²) in [6, 6.07) is 9.14. The molecule has 32 heavy (non-hydrogen) atoms. The van der Waals surface area contributed by atoms with Crippen LogP contribution in [0.2, 0.25) is 0 Å². The van der Waals surface area contributed by atoms with E-state index in [4.69, 9.17) is 4.74 Å². The standard InChI is InChI=1S/C24H21FN2O4S/c1-14-11-27-20(23(26-24(27)32-14)15-3-5-18(25)6-4-15)7-8-21(30)16-9-17(12-28)19(13-29)22(10-16)31-2/h3-11,28-29H,12-13H2,1-2H3/b8-7+. The van der Waals surface area contributed by atoms with E-state index in [1.54, 1.807) is 30.3 Å². The van der Waals surface area contributed by atoms with Gasteiger partial charge in [0.15, 0.2) is 10.7 Å². The summed E-state index contributed by atoms with van der Waals surface area (Å²) in [5.74, 6) is -0.296. The molecular weight excluding hydrogens is 431 g/mol. The molecule has 0 saturated heterocycles. The number of ketones is 1. The number of aliphatic hydroxyl groups is 2. The van der Waals surface area contributed by atoms with Crippen LogP contribution in [-0.4, -0.2) is 32.5 Å². The van der Waals surface area contributed by atoms with Gasteiger partial charge in [-0.2, -0.15) is 0 Å². The second-order valence-electron chi connectivity index (χ2n) is 7.18. The zero-order valence-corrected chi connectivity index (χ0v) is 18.3. The Hall–Kier alpha value is -3.33. The summed E-state index contributed by atoms with van der Waals surface area (Å²) < 4.78 is 20.6. The van der Waals surface area contributed by atoms with E-state index in [1.165, 1.54) is 36.7 Å². The zero-order valence-electron chi connectivity index (χ0n) is 17.5. The van der Waals surface area contributed by atoms with Crippen molar-refractivity contribution >= 4 is 28.2 Å². The number of aromatic nitrogens is 2. The van der Waals surface area contributed by atoms with Gasteiger partial charge in [-0.05, 0) is 61.0 Å². The van der Waals surface area contributed by atoms with Crippen LogP contribution in [0, 0.1) is 12.7 Å². The third-order valence-electron chi connectivity index (χ3n) is 5.12. The number of ether oxygens (including phenoxy) is 1. The molecule has 0 unspecified atom stereocenters. The SMILES string of the molecule is COc1cc(C(=O)/C=C/c2c(-c3ccc(F)cc3)nc3sc(C)cn23)cc(CO)c1CO. The molecule has 8 heteroatoms. The quantitative estimate of drug-likeness (QED) is 0.321. The molecule has 2 aromatic heterocycles. The van der Waals surface area contributed by atoms with Crippen molar-refractivity contribution in [3.05, 3.63) is 81.7 Å². The van der Waals surface area contributed by atoms with Gasteiger partial charge in [-0.25, -0.2) is 9.37 Å². The van der Waals surface area contributed by atoms with Crippen LogP contribution < -0.4 is 4.74 Å². The number of imidazole rings is 1. The van der Waals surface area contributed by atoms with Gasteiger partial charge in [-0.1, -0.05) is 0 Å². The van der Waals surface area contributed by atoms with E-state index < -0.39 is 0 Å². The molecule has 2 heterocycles. The summed E-state index contributed by atoms with van der Waals surface area (Å²) in [5.41, 5.74) is 3.28. The number of nitrogens with zero attached hydrogens (tertiary/aromatic N) is 2. The van der Waals surface area contributed by atoms with Gasteiger partial charge in [0.2, 0.25) is 0 Å². The lowest BCUT2D eigenvalue weighted by atomic mass is 10.0. The first-order chi connectivity index (χ1) is 15.4. The maximum absolute atomic E-state index is 13.4. The van der Waals surface area contributed by atoms with Crippen LogP contribution in [0.1, 0.15) is 32.1 Å². The first-order valence-corrected chi connectivity index (χ1v) is 10.6. The molecule has 0 spiro atoms. The van der Waals surface area contributed by atoms with Crippen LogP contribution in [0.15, 0.2) is 48.7 Å². The van der Waals surface area contributed by atoms with Crippen LogP contribution in [0.5, 0.6) is 5.75 Å². The Bertz CT molecular complexity index is 1300. The average molecular weight is 453 g/mol. The Labute approximate surface area is 187 Å². The number of hydrogen-bond donors (Lipinski definition) is 2. The zero-order chi connectivity index (χ0) is 22.8. The summed E-state index contributed by atoms with van der Waals surface area (Å²) in [4.78, 5) is 19.5. The fourth-order valence-corrected chi connectivity index (χ4v) is 4.38. The number of allylic oxidation sites excluding steroid dienone is 1. The van der Waals surface area contributed by atoms with Gasteiger partial charge >= 0.3 is 0 Å². The third kappa shape index (κ3) is 4.08. The molecular formula is C24H21FN2O4S. The first-order valence-electron chi connectivity index (χ1n) is 9.83. The van der Waals surface area contributed by atoms with Crippen molar-refractivity contribution in [2.75, 3.05) is 7.11 Å². The smallest absolute Gasteiger partial charge is 0.194 e. The summed E-state index contributed by atoms with van der Waals surface area (Å²) in [6.07, 6.45) is 5.05. The highest BCUT2D eigenvalue weighted by atomic mass is 32.1. The molecule has 0 radical (unpaired) electrons. The molecule has 0 saturated carbocycles. The van der Waals surface area contributed by atoms with Crippen molar-refractivity contribution in [2.45, 2.75) is 20.1 Å². The van der Waals surface area contributed by atoms with E-state index in [-0.39, 0.29) is 24.8 Å². The van der Waals surface area contributed by atoms with E-state index in [0.717, 1.165) is 15.4 Å². The number of thiazole rings is 1. The van der Waals surface area contributed by atoms with E-state index in [2.05, 4.69) is 4.98 Å². The number of benzene rings is 2. The Kier molecular flexibility index (Phi) is 6.18. The highest BCUT2D eigenvalue weighted by Gasteiger charge is 2.16. The van der Waals surface area contributed by atoms with Gasteiger partial charge in [0.25, 0.3) is 0 Å². The molecule has 0 aliphatic heterocycles. The largest absolute Gasteiger partial charge is 0.496 e. The van der Waals surface area contributed by atoms with Gasteiger partial charge in [0, 0.05) is 27.8 Å². The molecule has 0 bridgehead atoms. The molecule has 4 rings (SSSR count). The summed E-state index contributed by atoms with van der Waals surface area (Å²) >= 11 is 1.52. The molecule has 0 amide bonds. The number of halogens is 1. The van der Waals surface area contributed by atoms with Crippen molar-refractivity contribution in [3.63, 3.8) is 0 Å². The third-order valence-corrected chi connectivity index (χ3v) is 6.02. The lowest BCUT2D eigenvalue weighted by molar-refractivity contribution is 0.104. The summed E-state index contributed by atoms with van der Waals surface area (Å²) in [7, 11) is 1.44. The van der Waals surface area contributed by atoms with Gasteiger partial charge < -0.3 is 14.9 Å². The van der Waals surface area contributed by atoms with Crippen LogP contribution in [-0.2, 0) is 13.2 Å². The minimum atomic E-state index is -0.335. The molecule has 0 fully saturated rings. The highest BCUT2D eigenvalue weighted by molar-refractivity contribution is 7.17. The van der Waals surface area contributed by atoms with Crippen molar-refractivity contribution in [1.82, 2.24) is 9.38 Å². The minimum Gasteiger partial charge on any atom is -0.496 e. The summed E-state index contributed by atoms with van der Waals surface area (Å²) in [5, 5.41) is 19.2. The van der Waals surface area contributed by atoms with Crippen LogP contribution in [0.3, 0.4) is 0 Å². The van der Waals surface area contributed by atoms with Crippen molar-refractivity contribution in [1.29, 1.82) is 0 Å². The molecule has 0 atom stereocenters. The maximum Gasteiger partial charge on any atom is 0.194 e. The van der Waals surface area contributed by atoms with Crippen LogP contribution in [0.4, 0.5) is 4.39 Å². The number of carbonyl (C=O) groups excluding carboxylic acids is 1. The number of carbonyl (C=O) groups is 1. The number of methoxy groups -OCH3 is 1. The average Bonchev–Trinajstić information content (AvgIpc) is 3.32. The topological polar surface area (TPSA) is 84.1 Å². The van der Waals surface area contributed by atoms with Crippen molar-refractivity contribution < 1.29 is 24.1 Å². The Balaban J connectivity index is 1.76. The molecule has 0 aliphatic carbocycles. The predicted octanol–water partition coefficient (Wildman–Crippen LogP) is 4.40. The van der Waals surface area contributed by atoms with E-state index in [1.807, 2.05) is 17.5 Å². The minimum absolute atomic E-state index is 0.297. The predicted molar refractivity (Wildman–Crippen MR) is 121 cm³/mol. The van der Waals surface area contributed by atoms with E-state index in [9.17, 15) is 19.4 Å². The molecule has 2 aromatic carbocycles. The second-order valence-corrected chi connectivity index (χ2v) is 8.39. The number of aryl methyl sites for hydroxylation is 1. The van der Waals surface area contributed by atoms with Crippen molar-refractivity contribution in [3.8, 4) is 17.0 Å². The normalized spacial score (nSPS) is 11.5. The Morgan fingerprint density at radius 2 is 1.97 bits per heavy atom. The van der Waals surface area contributed by atoms with Crippen LogP contribution >= 0.6 is 11.3 Å². The fourth-order valence-electron chi connectivity index (χ4n) is 3.55. The number of aliphatic hydroxyl groups excluding tert-OH is 2. The number of rotatable bonds is 7. The first kappa shape index (κ1) is 21.9. The molecule has 164 valence electrons. The fraction of sp³-hybridized carbons (Fsp3) is 0.167. The number of hydrogen-bond acceptors (Lipinski definition) is 6. The lowest BCUT2D eigenvalue weighted by Gasteiger charge is -2.12. The maximum atomic E-state index is 13.4. The van der Waals surface area contributed by atoms with E-state index >= 15 is 0 Å². The second kappa shape index (κ2) is 9.04. The van der Waals surface area contributed by atoms with E-state index in [0.29, 0.717) is 33.8 Å². The molecule has 6 nitrogen and oxygen atoms in total. The van der Waals surface area contributed by atoms with Gasteiger partial charge in [0.05, 0.1) is 31.7 Å². The van der Waals surface area contributed by atoms with Crippen molar-refractivity contribution in [2.24, 2.45) is 0 Å². The lowest BCUT2D eigenvalue weighted by Crippen LogP contribution is -2.04. The van der Waals surface area contributed by atoms with Gasteiger partial charge in [-0.3, -0.25) is 9.20 Å². The monoisotopic (exact) mass is 452 g/mol. The molecule has 4 aromatic rings.